The first-order chi connectivity index (χ1) is 8.08. The number of aromatic nitrogens is 1. The zero-order valence-electron chi connectivity index (χ0n) is 9.37. The number of aryl methyl sites for hydroxylation is 1. The molecular formula is C13H12ClFN2. The van der Waals surface area contributed by atoms with Gasteiger partial charge in [0.2, 0.25) is 0 Å². The minimum Gasteiger partial charge on any atom is -0.383 e. The first-order valence-corrected chi connectivity index (χ1v) is 5.59. The topological polar surface area (TPSA) is 38.9 Å². The Morgan fingerprint density at radius 3 is 2.76 bits per heavy atom. The van der Waals surface area contributed by atoms with E-state index in [1.54, 1.807) is 18.3 Å². The van der Waals surface area contributed by atoms with E-state index in [2.05, 4.69) is 4.98 Å². The summed E-state index contributed by atoms with van der Waals surface area (Å²) in [6.45, 7) is 1.93. The summed E-state index contributed by atoms with van der Waals surface area (Å²) in [7, 11) is 0. The molecule has 1 aromatic heterocycles. The van der Waals surface area contributed by atoms with Gasteiger partial charge in [-0.25, -0.2) is 9.37 Å². The van der Waals surface area contributed by atoms with Crippen molar-refractivity contribution in [1.29, 1.82) is 0 Å². The van der Waals surface area contributed by atoms with E-state index in [0.717, 1.165) is 11.1 Å². The second-order valence-electron chi connectivity index (χ2n) is 3.90. The van der Waals surface area contributed by atoms with E-state index < -0.39 is 0 Å². The van der Waals surface area contributed by atoms with Gasteiger partial charge in [0.15, 0.2) is 0 Å². The number of nitrogens with zero attached hydrogens (tertiary/aromatic N) is 1. The molecule has 0 spiro atoms. The molecule has 0 saturated heterocycles. The Bertz CT molecular complexity index is 535. The van der Waals surface area contributed by atoms with Gasteiger partial charge < -0.3 is 5.73 Å². The Morgan fingerprint density at radius 1 is 1.35 bits per heavy atom. The van der Waals surface area contributed by atoms with Crippen molar-refractivity contribution in [3.63, 3.8) is 0 Å². The molecule has 0 bridgehead atoms. The van der Waals surface area contributed by atoms with Crippen LogP contribution in [0.3, 0.4) is 0 Å². The van der Waals surface area contributed by atoms with Crippen LogP contribution in [0.4, 0.5) is 10.2 Å². The Morgan fingerprint density at radius 2 is 2.12 bits per heavy atom. The van der Waals surface area contributed by atoms with Crippen molar-refractivity contribution in [2.75, 3.05) is 5.73 Å². The number of halogens is 2. The molecule has 2 N–H and O–H groups in total. The highest BCUT2D eigenvalue weighted by molar-refractivity contribution is 6.30. The molecule has 1 heterocycles. The van der Waals surface area contributed by atoms with Crippen molar-refractivity contribution in [3.05, 3.63) is 58.0 Å². The van der Waals surface area contributed by atoms with Gasteiger partial charge in [-0.1, -0.05) is 17.7 Å². The van der Waals surface area contributed by atoms with Crippen LogP contribution in [0.15, 0.2) is 30.5 Å². The molecule has 2 aromatic rings. The van der Waals surface area contributed by atoms with E-state index in [-0.39, 0.29) is 5.82 Å². The molecule has 17 heavy (non-hydrogen) atoms. The van der Waals surface area contributed by atoms with Crippen LogP contribution in [0.1, 0.15) is 16.7 Å². The molecule has 0 unspecified atom stereocenters. The average Bonchev–Trinajstić information content (AvgIpc) is 2.26. The van der Waals surface area contributed by atoms with Crippen molar-refractivity contribution < 1.29 is 4.39 Å². The maximum absolute atomic E-state index is 13.7. The van der Waals surface area contributed by atoms with Gasteiger partial charge in [0.25, 0.3) is 0 Å². The summed E-state index contributed by atoms with van der Waals surface area (Å²) in [6.07, 6.45) is 2.07. The summed E-state index contributed by atoms with van der Waals surface area (Å²) in [6, 6.07) is 6.50. The number of nitrogens with two attached hydrogens (primary N) is 1. The van der Waals surface area contributed by atoms with Crippen LogP contribution in [0.2, 0.25) is 5.02 Å². The van der Waals surface area contributed by atoms with Gasteiger partial charge in [-0.2, -0.15) is 0 Å². The minimum atomic E-state index is -0.319. The lowest BCUT2D eigenvalue weighted by molar-refractivity contribution is 0.614. The predicted molar refractivity (Wildman–Crippen MR) is 67.6 cm³/mol. The van der Waals surface area contributed by atoms with Gasteiger partial charge in [0.05, 0.1) is 0 Å². The molecule has 1 aromatic carbocycles. The first kappa shape index (κ1) is 11.9. The Kier molecular flexibility index (Phi) is 3.29. The number of hydrogen-bond donors (Lipinski definition) is 1. The standard InChI is InChI=1S/C13H12ClFN2/c1-8-4-5-17-13(16)11(8)6-9-2-3-10(14)7-12(9)15/h2-5,7H,6H2,1H3,(H2,16,17). The van der Waals surface area contributed by atoms with E-state index in [9.17, 15) is 4.39 Å². The quantitative estimate of drug-likeness (QED) is 0.888. The van der Waals surface area contributed by atoms with Gasteiger partial charge in [-0.05, 0) is 36.2 Å². The van der Waals surface area contributed by atoms with E-state index in [4.69, 9.17) is 17.3 Å². The molecule has 0 aliphatic carbocycles. The normalized spacial score (nSPS) is 10.5. The number of nitrogen functional groups attached to an aromatic ring is 1. The third-order valence-electron chi connectivity index (χ3n) is 2.71. The summed E-state index contributed by atoms with van der Waals surface area (Å²) < 4.78 is 13.7. The number of hydrogen-bond acceptors (Lipinski definition) is 2. The van der Waals surface area contributed by atoms with Crippen LogP contribution < -0.4 is 5.73 Å². The molecule has 0 atom stereocenters. The number of pyridine rings is 1. The summed E-state index contributed by atoms with van der Waals surface area (Å²) in [5, 5.41) is 0.391. The second kappa shape index (κ2) is 4.72. The molecule has 2 rings (SSSR count). The third-order valence-corrected chi connectivity index (χ3v) is 2.94. The van der Waals surface area contributed by atoms with Crippen molar-refractivity contribution >= 4 is 17.4 Å². The van der Waals surface area contributed by atoms with Gasteiger partial charge >= 0.3 is 0 Å². The Labute approximate surface area is 104 Å². The van der Waals surface area contributed by atoms with Crippen LogP contribution in [-0.2, 0) is 6.42 Å². The Hall–Kier alpha value is -1.61. The summed E-state index contributed by atoms with van der Waals surface area (Å²) in [4.78, 5) is 4.01. The van der Waals surface area contributed by atoms with Crippen molar-refractivity contribution in [1.82, 2.24) is 4.98 Å². The van der Waals surface area contributed by atoms with Gasteiger partial charge in [-0.15, -0.1) is 0 Å². The van der Waals surface area contributed by atoms with Gasteiger partial charge in [0, 0.05) is 23.2 Å². The van der Waals surface area contributed by atoms with Crippen molar-refractivity contribution in [3.8, 4) is 0 Å². The molecule has 0 aliphatic rings. The summed E-state index contributed by atoms with van der Waals surface area (Å²) in [5.74, 6) is 0.125. The number of anilines is 1. The van der Waals surface area contributed by atoms with Crippen molar-refractivity contribution in [2.24, 2.45) is 0 Å². The summed E-state index contributed by atoms with van der Waals surface area (Å²) >= 11 is 5.71. The maximum atomic E-state index is 13.7. The largest absolute Gasteiger partial charge is 0.383 e. The fraction of sp³-hybridized carbons (Fsp3) is 0.154. The van der Waals surface area contributed by atoms with Gasteiger partial charge in [0.1, 0.15) is 11.6 Å². The van der Waals surface area contributed by atoms with Crippen LogP contribution in [0.25, 0.3) is 0 Å². The molecular weight excluding hydrogens is 239 g/mol. The lowest BCUT2D eigenvalue weighted by Gasteiger charge is -2.09. The highest BCUT2D eigenvalue weighted by atomic mass is 35.5. The zero-order valence-corrected chi connectivity index (χ0v) is 10.1. The maximum Gasteiger partial charge on any atom is 0.128 e. The third kappa shape index (κ3) is 2.56. The van der Waals surface area contributed by atoms with E-state index in [1.165, 1.54) is 6.07 Å². The molecule has 0 aliphatic heterocycles. The van der Waals surface area contributed by atoms with E-state index in [1.807, 2.05) is 13.0 Å². The van der Waals surface area contributed by atoms with Crippen LogP contribution in [0.5, 0.6) is 0 Å². The van der Waals surface area contributed by atoms with Crippen LogP contribution >= 0.6 is 11.6 Å². The SMILES string of the molecule is Cc1ccnc(N)c1Cc1ccc(Cl)cc1F. The molecule has 0 radical (unpaired) electrons. The lowest BCUT2D eigenvalue weighted by atomic mass is 10.0. The molecule has 4 heteroatoms. The highest BCUT2D eigenvalue weighted by Gasteiger charge is 2.09. The Balaban J connectivity index is 2.38. The van der Waals surface area contributed by atoms with Crippen LogP contribution in [-0.4, -0.2) is 4.98 Å². The smallest absolute Gasteiger partial charge is 0.128 e. The van der Waals surface area contributed by atoms with Crippen molar-refractivity contribution in [2.45, 2.75) is 13.3 Å². The van der Waals surface area contributed by atoms with Gasteiger partial charge in [-0.3, -0.25) is 0 Å². The average molecular weight is 251 g/mol. The van der Waals surface area contributed by atoms with E-state index >= 15 is 0 Å². The number of rotatable bonds is 2. The monoisotopic (exact) mass is 250 g/mol. The molecule has 0 fully saturated rings. The summed E-state index contributed by atoms with van der Waals surface area (Å²) in [5.41, 5.74) is 8.22. The molecule has 2 nitrogen and oxygen atoms in total. The zero-order chi connectivity index (χ0) is 12.4. The first-order valence-electron chi connectivity index (χ1n) is 5.22. The molecule has 0 amide bonds. The fourth-order valence-corrected chi connectivity index (χ4v) is 1.85. The molecule has 0 saturated carbocycles. The second-order valence-corrected chi connectivity index (χ2v) is 4.34. The molecule has 88 valence electrons. The van der Waals surface area contributed by atoms with Crippen LogP contribution in [0, 0.1) is 12.7 Å². The number of benzene rings is 1. The minimum absolute atomic E-state index is 0.319. The highest BCUT2D eigenvalue weighted by Crippen LogP contribution is 2.22. The fourth-order valence-electron chi connectivity index (χ4n) is 1.70. The lowest BCUT2D eigenvalue weighted by Crippen LogP contribution is -2.02. The van der Waals surface area contributed by atoms with E-state index in [0.29, 0.717) is 22.8 Å². The predicted octanol–water partition coefficient (Wildman–Crippen LogP) is 3.36.